The first kappa shape index (κ1) is 12.1. The van der Waals surface area contributed by atoms with Gasteiger partial charge < -0.3 is 10.2 Å². The number of halogens is 1. The molecule has 0 radical (unpaired) electrons. The number of carboxylic acids is 2. The topological polar surface area (TPSA) is 105 Å². The van der Waals surface area contributed by atoms with Crippen LogP contribution < -0.4 is 0 Å². The Morgan fingerprint density at radius 3 is 2.22 bits per heavy atom. The van der Waals surface area contributed by atoms with Gasteiger partial charge in [-0.15, -0.1) is 5.10 Å². The Balaban J connectivity index is 2.61. The number of benzene rings is 1. The molecule has 0 amide bonds. The minimum Gasteiger partial charge on any atom is -0.476 e. The molecule has 1 aromatic heterocycles. The zero-order valence-corrected chi connectivity index (χ0v) is 9.50. The first-order valence-electron chi connectivity index (χ1n) is 4.69. The molecule has 0 unspecified atom stereocenters. The second-order valence-electron chi connectivity index (χ2n) is 3.29. The molecule has 0 aliphatic rings. The molecule has 7 nitrogen and oxygen atoms in total. The largest absolute Gasteiger partial charge is 0.476 e. The van der Waals surface area contributed by atoms with E-state index < -0.39 is 23.3 Å². The molecule has 0 spiro atoms. The van der Waals surface area contributed by atoms with Crippen molar-refractivity contribution in [3.05, 3.63) is 40.7 Å². The van der Waals surface area contributed by atoms with Crippen molar-refractivity contribution in [2.75, 3.05) is 0 Å². The Bertz CT molecular complexity index is 621. The molecule has 1 heterocycles. The molecule has 2 aromatic rings. The summed E-state index contributed by atoms with van der Waals surface area (Å²) in [6.07, 6.45) is 0. The Morgan fingerprint density at radius 1 is 1.11 bits per heavy atom. The van der Waals surface area contributed by atoms with E-state index in [4.69, 9.17) is 21.8 Å². The van der Waals surface area contributed by atoms with Crippen molar-refractivity contribution in [2.45, 2.75) is 0 Å². The van der Waals surface area contributed by atoms with Crippen LogP contribution in [-0.4, -0.2) is 37.1 Å². The predicted molar refractivity (Wildman–Crippen MR) is 60.3 cm³/mol. The molecule has 2 N–H and O–H groups in total. The summed E-state index contributed by atoms with van der Waals surface area (Å²) in [7, 11) is 0. The quantitative estimate of drug-likeness (QED) is 0.869. The lowest BCUT2D eigenvalue weighted by Crippen LogP contribution is -2.12. The normalized spacial score (nSPS) is 10.3. The van der Waals surface area contributed by atoms with Crippen LogP contribution in [0.15, 0.2) is 24.3 Å². The monoisotopic (exact) mass is 267 g/mol. The zero-order valence-electron chi connectivity index (χ0n) is 8.74. The summed E-state index contributed by atoms with van der Waals surface area (Å²) >= 11 is 5.70. The van der Waals surface area contributed by atoms with Crippen molar-refractivity contribution in [3.63, 3.8) is 0 Å². The molecule has 0 bridgehead atoms. The Labute approximate surface area is 105 Å². The average molecular weight is 268 g/mol. The van der Waals surface area contributed by atoms with Crippen LogP contribution in [0.2, 0.25) is 5.02 Å². The Kier molecular flexibility index (Phi) is 2.99. The van der Waals surface area contributed by atoms with Gasteiger partial charge in [-0.1, -0.05) is 16.8 Å². The fourth-order valence-corrected chi connectivity index (χ4v) is 1.51. The number of aromatic carboxylic acids is 2. The summed E-state index contributed by atoms with van der Waals surface area (Å²) in [5.41, 5.74) is -0.765. The molecule has 1 aromatic carbocycles. The van der Waals surface area contributed by atoms with Gasteiger partial charge in [-0.2, -0.15) is 0 Å². The van der Waals surface area contributed by atoms with Gasteiger partial charge in [-0.3, -0.25) is 0 Å². The van der Waals surface area contributed by atoms with Gasteiger partial charge in [0.15, 0.2) is 5.69 Å². The third-order valence-corrected chi connectivity index (χ3v) is 2.40. The van der Waals surface area contributed by atoms with Crippen molar-refractivity contribution in [2.24, 2.45) is 0 Å². The highest BCUT2D eigenvalue weighted by atomic mass is 35.5. The van der Waals surface area contributed by atoms with Crippen LogP contribution in [0, 0.1) is 0 Å². The second kappa shape index (κ2) is 4.46. The number of hydrogen-bond acceptors (Lipinski definition) is 4. The molecule has 2 rings (SSSR count). The van der Waals surface area contributed by atoms with E-state index in [2.05, 4.69) is 10.3 Å². The SMILES string of the molecule is O=C(O)c1nnn(-c2ccc(Cl)cc2)c1C(=O)O. The molecule has 0 aliphatic carbocycles. The van der Waals surface area contributed by atoms with Crippen LogP contribution in [0.4, 0.5) is 0 Å². The number of aromatic nitrogens is 3. The molecule has 18 heavy (non-hydrogen) atoms. The first-order valence-corrected chi connectivity index (χ1v) is 5.06. The van der Waals surface area contributed by atoms with Crippen molar-refractivity contribution in [1.82, 2.24) is 15.0 Å². The van der Waals surface area contributed by atoms with Crippen LogP contribution in [0.3, 0.4) is 0 Å². The third-order valence-electron chi connectivity index (χ3n) is 2.15. The molecule has 8 heteroatoms. The predicted octanol–water partition coefficient (Wildman–Crippen LogP) is 1.32. The van der Waals surface area contributed by atoms with Gasteiger partial charge in [0.1, 0.15) is 0 Å². The Hall–Kier alpha value is -2.41. The lowest BCUT2D eigenvalue weighted by molar-refractivity contribution is 0.0642. The number of carbonyl (C=O) groups is 2. The van der Waals surface area contributed by atoms with Crippen LogP contribution in [-0.2, 0) is 0 Å². The lowest BCUT2D eigenvalue weighted by atomic mass is 10.3. The molecule has 0 saturated heterocycles. The van der Waals surface area contributed by atoms with Crippen LogP contribution in [0.25, 0.3) is 5.69 Å². The van der Waals surface area contributed by atoms with Gasteiger partial charge in [0.05, 0.1) is 5.69 Å². The molecular formula is C10H6ClN3O4. The molecule has 0 fully saturated rings. The lowest BCUT2D eigenvalue weighted by Gasteiger charge is -2.03. The van der Waals surface area contributed by atoms with Gasteiger partial charge in [0, 0.05) is 5.02 Å². The smallest absolute Gasteiger partial charge is 0.359 e. The van der Waals surface area contributed by atoms with E-state index >= 15 is 0 Å². The summed E-state index contributed by atoms with van der Waals surface area (Å²) in [6.45, 7) is 0. The highest BCUT2D eigenvalue weighted by Crippen LogP contribution is 2.16. The van der Waals surface area contributed by atoms with Gasteiger partial charge >= 0.3 is 11.9 Å². The van der Waals surface area contributed by atoms with E-state index in [0.717, 1.165) is 4.68 Å². The number of carboxylic acid groups (broad SMARTS) is 2. The Morgan fingerprint density at radius 2 is 1.72 bits per heavy atom. The van der Waals surface area contributed by atoms with E-state index in [1.54, 1.807) is 0 Å². The van der Waals surface area contributed by atoms with Gasteiger partial charge in [0.25, 0.3) is 0 Å². The minimum atomic E-state index is -1.45. The maximum Gasteiger partial charge on any atom is 0.359 e. The highest BCUT2D eigenvalue weighted by molar-refractivity contribution is 6.30. The van der Waals surface area contributed by atoms with Crippen molar-refractivity contribution < 1.29 is 19.8 Å². The maximum absolute atomic E-state index is 11.1. The van der Waals surface area contributed by atoms with E-state index in [1.165, 1.54) is 24.3 Å². The zero-order chi connectivity index (χ0) is 13.3. The average Bonchev–Trinajstić information content (AvgIpc) is 2.74. The first-order chi connectivity index (χ1) is 8.50. The number of hydrogen-bond donors (Lipinski definition) is 2. The van der Waals surface area contributed by atoms with Crippen LogP contribution in [0.1, 0.15) is 21.0 Å². The van der Waals surface area contributed by atoms with E-state index in [9.17, 15) is 9.59 Å². The van der Waals surface area contributed by atoms with Gasteiger partial charge in [0.2, 0.25) is 5.69 Å². The summed E-state index contributed by atoms with van der Waals surface area (Å²) in [5.74, 6) is -2.88. The van der Waals surface area contributed by atoms with Crippen LogP contribution >= 0.6 is 11.6 Å². The number of rotatable bonds is 3. The molecule has 0 atom stereocenters. The number of nitrogens with zero attached hydrogens (tertiary/aromatic N) is 3. The van der Waals surface area contributed by atoms with Crippen molar-refractivity contribution >= 4 is 23.5 Å². The van der Waals surface area contributed by atoms with Gasteiger partial charge in [-0.25, -0.2) is 14.3 Å². The van der Waals surface area contributed by atoms with Crippen molar-refractivity contribution in [1.29, 1.82) is 0 Å². The van der Waals surface area contributed by atoms with E-state index in [-0.39, 0.29) is 0 Å². The van der Waals surface area contributed by atoms with E-state index in [0.29, 0.717) is 10.7 Å². The summed E-state index contributed by atoms with van der Waals surface area (Å²) in [6, 6.07) is 6.08. The molecule has 92 valence electrons. The van der Waals surface area contributed by atoms with Crippen molar-refractivity contribution in [3.8, 4) is 5.69 Å². The summed E-state index contributed by atoms with van der Waals surface area (Å²) in [4.78, 5) is 21.9. The summed E-state index contributed by atoms with van der Waals surface area (Å²) in [5, 5.41) is 25.2. The standard InChI is InChI=1S/C10H6ClN3O4/c11-5-1-3-6(4-2-5)14-8(10(17)18)7(9(15)16)12-13-14/h1-4H,(H,15,16)(H,17,18). The molecular weight excluding hydrogens is 262 g/mol. The highest BCUT2D eigenvalue weighted by Gasteiger charge is 2.25. The maximum atomic E-state index is 11.1. The van der Waals surface area contributed by atoms with Gasteiger partial charge in [-0.05, 0) is 24.3 Å². The van der Waals surface area contributed by atoms with E-state index in [1.807, 2.05) is 0 Å². The fraction of sp³-hybridized carbons (Fsp3) is 0. The minimum absolute atomic E-state index is 0.358. The fourth-order valence-electron chi connectivity index (χ4n) is 1.38. The summed E-state index contributed by atoms with van der Waals surface area (Å²) < 4.78 is 0.933. The molecule has 0 aliphatic heterocycles. The second-order valence-corrected chi connectivity index (χ2v) is 3.72. The van der Waals surface area contributed by atoms with Crippen LogP contribution in [0.5, 0.6) is 0 Å². The molecule has 0 saturated carbocycles. The third kappa shape index (κ3) is 2.03.